The van der Waals surface area contributed by atoms with Crippen LogP contribution < -0.4 is 0 Å². The smallest absolute Gasteiger partial charge is 0.309 e. The molecule has 2 unspecified atom stereocenters. The molecule has 18 heavy (non-hydrogen) atoms. The molecule has 104 valence electrons. The van der Waals surface area contributed by atoms with Crippen LogP contribution in [0.4, 0.5) is 0 Å². The number of carbonyl (C=O) groups is 1. The molecule has 2 aliphatic carbocycles. The van der Waals surface area contributed by atoms with E-state index in [2.05, 4.69) is 33.9 Å². The first kappa shape index (κ1) is 14.1. The number of carbonyl (C=O) groups excluding carboxylic acids is 1. The van der Waals surface area contributed by atoms with E-state index in [1.54, 1.807) is 0 Å². The number of hydrogen-bond donors (Lipinski definition) is 0. The van der Waals surface area contributed by atoms with Crippen molar-refractivity contribution < 1.29 is 14.0 Å². The summed E-state index contributed by atoms with van der Waals surface area (Å²) in [5, 5.41) is 0.265. The number of fused-ring (bicyclic) bond motifs is 1. The van der Waals surface area contributed by atoms with Crippen LogP contribution in [-0.2, 0) is 14.0 Å². The normalized spacial score (nSPS) is 35.2. The first-order valence-corrected chi connectivity index (χ1v) is 9.84. The fourth-order valence-corrected chi connectivity index (χ4v) is 4.35. The quantitative estimate of drug-likeness (QED) is 0.583. The summed E-state index contributed by atoms with van der Waals surface area (Å²) in [4.78, 5) is 11.5. The minimum atomic E-state index is -1.65. The van der Waals surface area contributed by atoms with Gasteiger partial charge in [0.25, 0.3) is 0 Å². The number of rotatable bonds is 3. The van der Waals surface area contributed by atoms with Crippen molar-refractivity contribution in [1.82, 2.24) is 0 Å². The van der Waals surface area contributed by atoms with Crippen molar-refractivity contribution in [1.29, 1.82) is 0 Å². The predicted molar refractivity (Wildman–Crippen MR) is 73.8 cm³/mol. The summed E-state index contributed by atoms with van der Waals surface area (Å²) < 4.78 is 11.2. The van der Waals surface area contributed by atoms with Crippen LogP contribution in [0.15, 0.2) is 0 Å². The predicted octanol–water partition coefficient (Wildman–Crippen LogP) is 3.21. The average Bonchev–Trinajstić information content (AvgIpc) is 2.72. The number of hydrogen-bond acceptors (Lipinski definition) is 3. The summed E-state index contributed by atoms with van der Waals surface area (Å²) in [7, 11) is -0.167. The summed E-state index contributed by atoms with van der Waals surface area (Å²) in [6.07, 6.45) is 2.48. The van der Waals surface area contributed by atoms with Gasteiger partial charge in [-0.3, -0.25) is 4.79 Å². The average molecular weight is 270 g/mol. The van der Waals surface area contributed by atoms with E-state index < -0.39 is 8.32 Å². The van der Waals surface area contributed by atoms with Crippen molar-refractivity contribution in [3.63, 3.8) is 0 Å². The molecule has 2 fully saturated rings. The molecule has 0 spiro atoms. The van der Waals surface area contributed by atoms with E-state index in [4.69, 9.17) is 9.16 Å². The highest BCUT2D eigenvalue weighted by atomic mass is 28.4. The van der Waals surface area contributed by atoms with E-state index in [9.17, 15) is 4.79 Å². The van der Waals surface area contributed by atoms with Crippen LogP contribution in [0.25, 0.3) is 0 Å². The molecule has 3 nitrogen and oxygen atoms in total. The Hall–Kier alpha value is -0.353. The minimum absolute atomic E-state index is 0.0178. The van der Waals surface area contributed by atoms with Gasteiger partial charge < -0.3 is 9.16 Å². The maximum atomic E-state index is 11.5. The molecule has 2 rings (SSSR count). The molecule has 2 saturated carbocycles. The zero-order chi connectivity index (χ0) is 13.7. The first-order valence-electron chi connectivity index (χ1n) is 6.93. The number of methoxy groups -OCH3 is 1. The molecule has 0 aromatic heterocycles. The molecule has 2 atom stereocenters. The molecular formula is C14H26O3Si. The first-order chi connectivity index (χ1) is 8.17. The van der Waals surface area contributed by atoms with Gasteiger partial charge in [0, 0.05) is 6.10 Å². The Morgan fingerprint density at radius 1 is 1.17 bits per heavy atom. The van der Waals surface area contributed by atoms with Gasteiger partial charge in [-0.05, 0) is 42.8 Å². The second-order valence-corrected chi connectivity index (χ2v) is 12.1. The lowest BCUT2D eigenvalue weighted by Crippen LogP contribution is -2.43. The molecule has 0 aromatic rings. The van der Waals surface area contributed by atoms with Gasteiger partial charge in [0.1, 0.15) is 0 Å². The SMILES string of the molecule is COC(=O)C1C2CC(O[Si](C)(C)C(C)(C)C)CC21. The second-order valence-electron chi connectivity index (χ2n) is 7.35. The molecule has 0 N–H and O–H groups in total. The maximum Gasteiger partial charge on any atom is 0.309 e. The topological polar surface area (TPSA) is 35.5 Å². The van der Waals surface area contributed by atoms with Gasteiger partial charge in [-0.1, -0.05) is 20.8 Å². The van der Waals surface area contributed by atoms with Crippen molar-refractivity contribution >= 4 is 14.3 Å². The van der Waals surface area contributed by atoms with Crippen molar-refractivity contribution in [2.75, 3.05) is 7.11 Å². The molecule has 0 heterocycles. The summed E-state index contributed by atoms with van der Waals surface area (Å²) in [5.74, 6) is 1.23. The van der Waals surface area contributed by atoms with Crippen LogP contribution in [-0.4, -0.2) is 27.5 Å². The highest BCUT2D eigenvalue weighted by molar-refractivity contribution is 6.74. The van der Waals surface area contributed by atoms with E-state index in [0.29, 0.717) is 17.9 Å². The van der Waals surface area contributed by atoms with Gasteiger partial charge in [-0.25, -0.2) is 0 Å². The van der Waals surface area contributed by atoms with Crippen LogP contribution in [0.1, 0.15) is 33.6 Å². The molecule has 0 bridgehead atoms. The molecule has 0 radical (unpaired) electrons. The van der Waals surface area contributed by atoms with Crippen molar-refractivity contribution in [3.8, 4) is 0 Å². The molecular weight excluding hydrogens is 244 g/mol. The van der Waals surface area contributed by atoms with E-state index in [1.165, 1.54) is 7.11 Å². The van der Waals surface area contributed by atoms with Crippen LogP contribution >= 0.6 is 0 Å². The van der Waals surface area contributed by atoms with E-state index >= 15 is 0 Å². The lowest BCUT2D eigenvalue weighted by atomic mass is 10.1. The molecule has 0 amide bonds. The third-order valence-electron chi connectivity index (χ3n) is 5.14. The van der Waals surface area contributed by atoms with Gasteiger partial charge in [0.05, 0.1) is 13.0 Å². The van der Waals surface area contributed by atoms with Gasteiger partial charge in [-0.15, -0.1) is 0 Å². The fraction of sp³-hybridized carbons (Fsp3) is 0.929. The van der Waals surface area contributed by atoms with E-state index in [1.807, 2.05) is 0 Å². The lowest BCUT2D eigenvalue weighted by Gasteiger charge is -2.39. The molecule has 4 heteroatoms. The second kappa shape index (κ2) is 4.34. The standard InChI is InChI=1S/C14H26O3Si/c1-14(2,3)18(5,6)17-9-7-10-11(8-9)12(10)13(15)16-4/h9-12H,7-8H2,1-6H3. The lowest BCUT2D eigenvalue weighted by molar-refractivity contribution is -0.143. The van der Waals surface area contributed by atoms with E-state index in [-0.39, 0.29) is 16.9 Å². The minimum Gasteiger partial charge on any atom is -0.469 e. The zero-order valence-corrected chi connectivity index (χ0v) is 13.4. The third-order valence-corrected chi connectivity index (χ3v) is 9.68. The Labute approximate surface area is 111 Å². The Kier molecular flexibility index (Phi) is 3.39. The van der Waals surface area contributed by atoms with Crippen LogP contribution in [0.5, 0.6) is 0 Å². The van der Waals surface area contributed by atoms with Gasteiger partial charge in [0.2, 0.25) is 0 Å². The Balaban J connectivity index is 1.86. The third kappa shape index (κ3) is 2.37. The Bertz CT molecular complexity index is 333. The van der Waals surface area contributed by atoms with Gasteiger partial charge in [-0.2, -0.15) is 0 Å². The summed E-state index contributed by atoms with van der Waals surface area (Å²) >= 11 is 0. The fourth-order valence-electron chi connectivity index (χ4n) is 2.97. The van der Waals surface area contributed by atoms with Crippen molar-refractivity contribution in [3.05, 3.63) is 0 Å². The molecule has 0 saturated heterocycles. The van der Waals surface area contributed by atoms with Crippen LogP contribution in [0.2, 0.25) is 18.1 Å². The molecule has 0 aromatic carbocycles. The maximum absolute atomic E-state index is 11.5. The Morgan fingerprint density at radius 3 is 2.06 bits per heavy atom. The highest BCUT2D eigenvalue weighted by Crippen LogP contribution is 2.59. The van der Waals surface area contributed by atoms with Crippen molar-refractivity contribution in [2.45, 2.75) is 57.8 Å². The molecule has 0 aliphatic heterocycles. The largest absolute Gasteiger partial charge is 0.469 e. The van der Waals surface area contributed by atoms with Gasteiger partial charge in [0.15, 0.2) is 8.32 Å². The monoisotopic (exact) mass is 270 g/mol. The molecule has 2 aliphatic rings. The Morgan fingerprint density at radius 2 is 1.67 bits per heavy atom. The van der Waals surface area contributed by atoms with E-state index in [0.717, 1.165) is 12.8 Å². The van der Waals surface area contributed by atoms with Gasteiger partial charge >= 0.3 is 5.97 Å². The van der Waals surface area contributed by atoms with Crippen LogP contribution in [0, 0.1) is 17.8 Å². The highest BCUT2D eigenvalue weighted by Gasteiger charge is 2.61. The van der Waals surface area contributed by atoms with Crippen molar-refractivity contribution in [2.24, 2.45) is 17.8 Å². The zero-order valence-electron chi connectivity index (χ0n) is 12.4. The summed E-state index contributed by atoms with van der Waals surface area (Å²) in [5.41, 5.74) is 0. The number of ether oxygens (including phenoxy) is 1. The van der Waals surface area contributed by atoms with Crippen LogP contribution in [0.3, 0.4) is 0 Å². The summed E-state index contributed by atoms with van der Waals surface area (Å²) in [6, 6.07) is 0. The summed E-state index contributed by atoms with van der Waals surface area (Å²) in [6.45, 7) is 11.4. The number of esters is 1.